The van der Waals surface area contributed by atoms with Crippen molar-refractivity contribution in [2.24, 2.45) is 0 Å². The Labute approximate surface area is 132 Å². The Morgan fingerprint density at radius 3 is 2.59 bits per heavy atom. The molecule has 1 saturated heterocycles. The van der Waals surface area contributed by atoms with Crippen LogP contribution in [-0.2, 0) is 32.0 Å². The molecule has 122 valence electrons. The molecule has 1 amide bonds. The second-order valence-electron chi connectivity index (χ2n) is 5.36. The first-order chi connectivity index (χ1) is 10.7. The molecule has 5 heteroatoms. The molecule has 0 unspecified atom stereocenters. The molecule has 0 aliphatic carbocycles. The number of rotatable bonds is 7. The first kappa shape index (κ1) is 16.9. The fraction of sp³-hybridized carbons (Fsp3) is 0.588. The van der Waals surface area contributed by atoms with Crippen LogP contribution >= 0.6 is 0 Å². The van der Waals surface area contributed by atoms with Gasteiger partial charge in [0.2, 0.25) is 0 Å². The van der Waals surface area contributed by atoms with E-state index in [0.717, 1.165) is 12.0 Å². The van der Waals surface area contributed by atoms with Crippen LogP contribution in [0.15, 0.2) is 24.3 Å². The monoisotopic (exact) mass is 307 g/mol. The van der Waals surface area contributed by atoms with E-state index in [4.69, 9.17) is 14.2 Å². The van der Waals surface area contributed by atoms with E-state index >= 15 is 0 Å². The Balaban J connectivity index is 2.01. The van der Waals surface area contributed by atoms with Gasteiger partial charge in [0.15, 0.2) is 6.10 Å². The van der Waals surface area contributed by atoms with Gasteiger partial charge in [-0.2, -0.15) is 0 Å². The highest BCUT2D eigenvalue weighted by Gasteiger charge is 2.27. The second-order valence-corrected chi connectivity index (χ2v) is 5.36. The molecule has 1 aromatic rings. The molecule has 0 saturated carbocycles. The van der Waals surface area contributed by atoms with Crippen LogP contribution in [0.4, 0.5) is 0 Å². The third-order valence-corrected chi connectivity index (χ3v) is 3.77. The van der Waals surface area contributed by atoms with Crippen molar-refractivity contribution in [1.29, 1.82) is 0 Å². The van der Waals surface area contributed by atoms with Crippen molar-refractivity contribution in [2.75, 3.05) is 40.1 Å². The van der Waals surface area contributed by atoms with Crippen LogP contribution in [0.1, 0.15) is 18.1 Å². The Bertz CT molecular complexity index is 454. The number of benzene rings is 1. The van der Waals surface area contributed by atoms with E-state index in [1.54, 1.807) is 12.0 Å². The molecule has 1 aliphatic heterocycles. The normalized spacial score (nSPS) is 18.2. The quantitative estimate of drug-likeness (QED) is 0.768. The highest BCUT2D eigenvalue weighted by molar-refractivity contribution is 5.81. The van der Waals surface area contributed by atoms with E-state index in [0.29, 0.717) is 39.5 Å². The highest BCUT2D eigenvalue weighted by Crippen LogP contribution is 2.12. The summed E-state index contributed by atoms with van der Waals surface area (Å²) in [5.74, 6) is -0.0312. The first-order valence-corrected chi connectivity index (χ1v) is 7.79. The molecule has 2 rings (SSSR count). The fourth-order valence-electron chi connectivity index (χ4n) is 2.40. The fourth-order valence-corrected chi connectivity index (χ4v) is 2.40. The minimum absolute atomic E-state index is 0.0312. The smallest absolute Gasteiger partial charge is 0.254 e. The minimum atomic E-state index is -0.500. The summed E-state index contributed by atoms with van der Waals surface area (Å²) < 4.78 is 16.0. The molecule has 0 spiro atoms. The maximum atomic E-state index is 12.6. The average molecular weight is 307 g/mol. The Morgan fingerprint density at radius 1 is 1.27 bits per heavy atom. The van der Waals surface area contributed by atoms with Crippen molar-refractivity contribution < 1.29 is 19.0 Å². The van der Waals surface area contributed by atoms with Gasteiger partial charge in [0, 0.05) is 20.2 Å². The van der Waals surface area contributed by atoms with Gasteiger partial charge in [0.25, 0.3) is 5.91 Å². The molecule has 22 heavy (non-hydrogen) atoms. The molecule has 0 N–H and O–H groups in total. The summed E-state index contributed by atoms with van der Waals surface area (Å²) in [6.07, 6.45) is 0.514. The largest absolute Gasteiger partial charge is 0.383 e. The molecule has 1 atom stereocenters. The van der Waals surface area contributed by atoms with Crippen molar-refractivity contribution in [2.45, 2.75) is 26.0 Å². The van der Waals surface area contributed by atoms with Crippen molar-refractivity contribution in [1.82, 2.24) is 4.90 Å². The van der Waals surface area contributed by atoms with Gasteiger partial charge in [-0.15, -0.1) is 0 Å². The molecule has 1 aromatic carbocycles. The van der Waals surface area contributed by atoms with E-state index in [-0.39, 0.29) is 5.91 Å². The topological polar surface area (TPSA) is 48.0 Å². The van der Waals surface area contributed by atoms with Crippen LogP contribution in [0.3, 0.4) is 0 Å². The molecule has 0 radical (unpaired) electrons. The third-order valence-electron chi connectivity index (χ3n) is 3.77. The molecule has 0 aromatic heterocycles. The number of hydrogen-bond acceptors (Lipinski definition) is 4. The van der Waals surface area contributed by atoms with Crippen LogP contribution in [-0.4, -0.2) is 57.0 Å². The molecule has 5 nitrogen and oxygen atoms in total. The standard InChI is InChI=1S/C17H25NO4/c1-3-14-4-6-15(7-5-14)12-18(8-9-20-2)17(19)16-13-21-10-11-22-16/h4-7,16H,3,8-13H2,1-2H3/t16-/m0/s1. The van der Waals surface area contributed by atoms with Crippen molar-refractivity contribution in [3.8, 4) is 0 Å². The number of aryl methyl sites for hydroxylation is 1. The van der Waals surface area contributed by atoms with Gasteiger partial charge in [-0.05, 0) is 17.5 Å². The number of carbonyl (C=O) groups excluding carboxylic acids is 1. The van der Waals surface area contributed by atoms with E-state index < -0.39 is 6.10 Å². The van der Waals surface area contributed by atoms with Crippen LogP contribution in [0.25, 0.3) is 0 Å². The number of amides is 1. The van der Waals surface area contributed by atoms with Crippen LogP contribution in [0.5, 0.6) is 0 Å². The Hall–Kier alpha value is -1.43. The summed E-state index contributed by atoms with van der Waals surface area (Å²) >= 11 is 0. The lowest BCUT2D eigenvalue weighted by Crippen LogP contribution is -2.46. The van der Waals surface area contributed by atoms with E-state index in [9.17, 15) is 4.79 Å². The zero-order chi connectivity index (χ0) is 15.8. The average Bonchev–Trinajstić information content (AvgIpc) is 2.59. The second kappa shape index (κ2) is 8.88. The van der Waals surface area contributed by atoms with E-state index in [1.165, 1.54) is 5.56 Å². The molecular formula is C17H25NO4. The highest BCUT2D eigenvalue weighted by atomic mass is 16.6. The van der Waals surface area contributed by atoms with Gasteiger partial charge in [-0.25, -0.2) is 0 Å². The van der Waals surface area contributed by atoms with Crippen LogP contribution in [0, 0.1) is 0 Å². The summed E-state index contributed by atoms with van der Waals surface area (Å²) in [6.45, 7) is 5.10. The maximum absolute atomic E-state index is 12.6. The molecular weight excluding hydrogens is 282 g/mol. The predicted molar refractivity (Wildman–Crippen MR) is 83.7 cm³/mol. The van der Waals surface area contributed by atoms with E-state index in [2.05, 4.69) is 31.2 Å². The number of hydrogen-bond donors (Lipinski definition) is 0. The molecule has 1 fully saturated rings. The van der Waals surface area contributed by atoms with Gasteiger partial charge in [-0.1, -0.05) is 31.2 Å². The lowest BCUT2D eigenvalue weighted by molar-refractivity contribution is -0.159. The van der Waals surface area contributed by atoms with E-state index in [1.807, 2.05) is 0 Å². The molecule has 1 heterocycles. The van der Waals surface area contributed by atoms with Gasteiger partial charge in [-0.3, -0.25) is 4.79 Å². The van der Waals surface area contributed by atoms with Crippen molar-refractivity contribution in [3.05, 3.63) is 35.4 Å². The van der Waals surface area contributed by atoms with Crippen molar-refractivity contribution >= 4 is 5.91 Å². The van der Waals surface area contributed by atoms with Crippen LogP contribution < -0.4 is 0 Å². The van der Waals surface area contributed by atoms with Gasteiger partial charge in [0.05, 0.1) is 26.4 Å². The summed E-state index contributed by atoms with van der Waals surface area (Å²) in [5.41, 5.74) is 2.40. The van der Waals surface area contributed by atoms with Gasteiger partial charge in [0.1, 0.15) is 0 Å². The summed E-state index contributed by atoms with van der Waals surface area (Å²) in [5, 5.41) is 0. The maximum Gasteiger partial charge on any atom is 0.254 e. The third kappa shape index (κ3) is 4.80. The lowest BCUT2D eigenvalue weighted by Gasteiger charge is -2.29. The Morgan fingerprint density at radius 2 is 2.00 bits per heavy atom. The summed E-state index contributed by atoms with van der Waals surface area (Å²) in [7, 11) is 1.64. The zero-order valence-corrected chi connectivity index (χ0v) is 13.4. The first-order valence-electron chi connectivity index (χ1n) is 7.79. The minimum Gasteiger partial charge on any atom is -0.383 e. The van der Waals surface area contributed by atoms with Gasteiger partial charge < -0.3 is 19.1 Å². The number of carbonyl (C=O) groups is 1. The molecule has 0 bridgehead atoms. The van der Waals surface area contributed by atoms with Gasteiger partial charge >= 0.3 is 0 Å². The number of nitrogens with zero attached hydrogens (tertiary/aromatic N) is 1. The number of ether oxygens (including phenoxy) is 3. The van der Waals surface area contributed by atoms with Crippen molar-refractivity contribution in [3.63, 3.8) is 0 Å². The predicted octanol–water partition coefficient (Wildman–Crippen LogP) is 1.64. The van der Waals surface area contributed by atoms with Crippen LogP contribution in [0.2, 0.25) is 0 Å². The Kier molecular flexibility index (Phi) is 6.83. The molecule has 1 aliphatic rings. The SMILES string of the molecule is CCc1ccc(CN(CCOC)C(=O)[C@@H]2COCCO2)cc1. The lowest BCUT2D eigenvalue weighted by atomic mass is 10.1. The number of methoxy groups -OCH3 is 1. The summed E-state index contributed by atoms with van der Waals surface area (Å²) in [4.78, 5) is 14.4. The zero-order valence-electron chi connectivity index (χ0n) is 13.4. The summed E-state index contributed by atoms with van der Waals surface area (Å²) in [6, 6.07) is 8.36.